The van der Waals surface area contributed by atoms with Gasteiger partial charge < -0.3 is 23.7 Å². The lowest BCUT2D eigenvalue weighted by molar-refractivity contribution is -0.246. The molecule has 0 aromatic carbocycles. The van der Waals surface area contributed by atoms with Crippen molar-refractivity contribution < 1.29 is 28.5 Å². The second-order valence-corrected chi connectivity index (χ2v) is 7.44. The van der Waals surface area contributed by atoms with Crippen LogP contribution >= 0.6 is 12.6 Å². The van der Waals surface area contributed by atoms with Crippen LogP contribution in [0, 0.1) is 0 Å². The molecule has 0 aromatic rings. The van der Waals surface area contributed by atoms with Crippen LogP contribution in [0.4, 0.5) is 0 Å². The summed E-state index contributed by atoms with van der Waals surface area (Å²) in [5.74, 6) is -0.341. The highest BCUT2D eigenvalue weighted by Crippen LogP contribution is 2.30. The highest BCUT2D eigenvalue weighted by molar-refractivity contribution is 7.80. The van der Waals surface area contributed by atoms with E-state index in [1.165, 1.54) is 6.92 Å². The molecule has 2 unspecified atom stereocenters. The number of carbonyl (C=O) groups excluding carboxylic acids is 1. The molecule has 0 saturated carbocycles. The molecule has 6 nitrogen and oxygen atoms in total. The summed E-state index contributed by atoms with van der Waals surface area (Å²) >= 11 is 4.59. The Kier molecular flexibility index (Phi) is 13.4. The van der Waals surface area contributed by atoms with Crippen molar-refractivity contribution >= 4 is 18.6 Å². The van der Waals surface area contributed by atoms with Crippen LogP contribution < -0.4 is 0 Å². The molecule has 1 aliphatic rings. The van der Waals surface area contributed by atoms with Gasteiger partial charge in [-0.2, -0.15) is 0 Å². The van der Waals surface area contributed by atoms with Crippen LogP contribution in [0.2, 0.25) is 0 Å². The third kappa shape index (κ3) is 9.13. The number of carbonyl (C=O) groups is 1. The Bertz CT molecular complexity index is 395. The molecule has 7 heteroatoms. The van der Waals surface area contributed by atoms with E-state index < -0.39 is 11.5 Å². The quantitative estimate of drug-likeness (QED) is 0.269. The minimum absolute atomic E-state index is 0.124. The van der Waals surface area contributed by atoms with Gasteiger partial charge in [0.15, 0.2) is 0 Å². The zero-order chi connectivity index (χ0) is 20.1. The number of hydrogen-bond donors (Lipinski definition) is 1. The highest BCUT2D eigenvalue weighted by atomic mass is 32.1. The summed E-state index contributed by atoms with van der Waals surface area (Å²) < 4.78 is 29.6. The summed E-state index contributed by atoms with van der Waals surface area (Å²) in [5, 5.41) is 0. The van der Waals surface area contributed by atoms with Crippen molar-refractivity contribution in [2.45, 2.75) is 96.1 Å². The molecule has 0 bridgehead atoms. The minimum Gasteiger partial charge on any atom is -0.463 e. The van der Waals surface area contributed by atoms with Gasteiger partial charge in [-0.1, -0.05) is 40.0 Å². The summed E-state index contributed by atoms with van der Waals surface area (Å²) in [6.45, 7) is 9.75. The number of unbranched alkanes of at least 4 members (excludes halogenated alkanes) is 3. The van der Waals surface area contributed by atoms with E-state index in [0.717, 1.165) is 38.5 Å². The van der Waals surface area contributed by atoms with Crippen LogP contribution in [0.15, 0.2) is 0 Å². The largest absolute Gasteiger partial charge is 0.463 e. The molecule has 1 heterocycles. The lowest BCUT2D eigenvalue weighted by Crippen LogP contribution is -2.60. The Hall–Kier alpha value is -0.340. The number of esters is 1. The lowest BCUT2D eigenvalue weighted by Gasteiger charge is -2.44. The molecule has 0 spiro atoms. The monoisotopic (exact) mass is 406 g/mol. The predicted molar refractivity (Wildman–Crippen MR) is 108 cm³/mol. The van der Waals surface area contributed by atoms with Crippen molar-refractivity contribution in [2.24, 2.45) is 0 Å². The molecule has 0 aromatic heterocycles. The minimum atomic E-state index is -0.458. The molecule has 0 amide bonds. The molecule has 1 fully saturated rings. The molecule has 1 aliphatic heterocycles. The fraction of sp³-hybridized carbons (Fsp3) is 0.950. The fourth-order valence-electron chi connectivity index (χ4n) is 2.89. The average Bonchev–Trinajstić information content (AvgIpc) is 2.64. The molecule has 0 N–H and O–H groups in total. The van der Waals surface area contributed by atoms with Crippen LogP contribution in [-0.4, -0.2) is 62.2 Å². The van der Waals surface area contributed by atoms with Crippen molar-refractivity contribution in [1.29, 1.82) is 0 Å². The predicted octanol–water partition coefficient (Wildman–Crippen LogP) is 3.76. The Morgan fingerprint density at radius 1 is 0.852 bits per heavy atom. The van der Waals surface area contributed by atoms with Crippen molar-refractivity contribution in [3.8, 4) is 0 Å². The van der Waals surface area contributed by atoms with Gasteiger partial charge in [-0.3, -0.25) is 4.79 Å². The first kappa shape index (κ1) is 24.7. The van der Waals surface area contributed by atoms with Crippen LogP contribution in [0.5, 0.6) is 0 Å². The van der Waals surface area contributed by atoms with Gasteiger partial charge in [0.2, 0.25) is 0 Å². The SMILES string of the molecule is CCCCOC1[C@H](OCCCC)C(COC(C)=O)O[C@@H](S)[C@H]1OCCCC. The van der Waals surface area contributed by atoms with Gasteiger partial charge in [0.25, 0.3) is 0 Å². The summed E-state index contributed by atoms with van der Waals surface area (Å²) in [6.07, 6.45) is 4.61. The third-order valence-electron chi connectivity index (χ3n) is 4.48. The van der Waals surface area contributed by atoms with Crippen LogP contribution in [0.25, 0.3) is 0 Å². The van der Waals surface area contributed by atoms with Crippen molar-refractivity contribution in [2.75, 3.05) is 26.4 Å². The number of hydrogen-bond acceptors (Lipinski definition) is 7. The maximum atomic E-state index is 11.3. The van der Waals surface area contributed by atoms with Crippen LogP contribution in [0.3, 0.4) is 0 Å². The Morgan fingerprint density at radius 3 is 1.81 bits per heavy atom. The first-order chi connectivity index (χ1) is 13.0. The normalized spacial score (nSPS) is 28.3. The van der Waals surface area contributed by atoms with E-state index in [0.29, 0.717) is 19.8 Å². The Labute approximate surface area is 170 Å². The molecule has 5 atom stereocenters. The second-order valence-electron chi connectivity index (χ2n) is 6.93. The number of ether oxygens (including phenoxy) is 5. The zero-order valence-electron chi connectivity index (χ0n) is 17.4. The van der Waals surface area contributed by atoms with E-state index in [1.807, 2.05) is 0 Å². The van der Waals surface area contributed by atoms with Crippen molar-refractivity contribution in [3.63, 3.8) is 0 Å². The lowest BCUT2D eigenvalue weighted by atomic mass is 9.99. The Balaban J connectivity index is 2.90. The maximum Gasteiger partial charge on any atom is 0.302 e. The summed E-state index contributed by atoms with van der Waals surface area (Å²) in [5.41, 5.74) is -0.458. The topological polar surface area (TPSA) is 63.2 Å². The molecule has 0 radical (unpaired) electrons. The molecule has 1 rings (SSSR count). The molecular formula is C20H38O6S. The van der Waals surface area contributed by atoms with E-state index in [1.54, 1.807) is 0 Å². The van der Waals surface area contributed by atoms with E-state index in [-0.39, 0.29) is 30.9 Å². The number of rotatable bonds is 14. The van der Waals surface area contributed by atoms with Gasteiger partial charge in [0, 0.05) is 26.7 Å². The number of thiol groups is 1. The standard InChI is InChI=1S/C20H38O6S/c1-5-8-11-22-17-16(14-25-15(4)21)26-20(27)19(24-13-10-7-3)18(17)23-12-9-6-2/h16-20,27H,5-14H2,1-4H3/t16?,17-,18?,19+,20+/m1/s1. The highest BCUT2D eigenvalue weighted by Gasteiger charge is 2.47. The first-order valence-corrected chi connectivity index (χ1v) is 10.9. The van der Waals surface area contributed by atoms with Gasteiger partial charge >= 0.3 is 5.97 Å². The average molecular weight is 407 g/mol. The maximum absolute atomic E-state index is 11.3. The smallest absolute Gasteiger partial charge is 0.302 e. The van der Waals surface area contributed by atoms with Crippen molar-refractivity contribution in [3.05, 3.63) is 0 Å². The fourth-order valence-corrected chi connectivity index (χ4v) is 3.30. The van der Waals surface area contributed by atoms with E-state index in [2.05, 4.69) is 33.4 Å². The van der Waals surface area contributed by atoms with Gasteiger partial charge in [-0.15, -0.1) is 12.6 Å². The zero-order valence-corrected chi connectivity index (χ0v) is 18.2. The third-order valence-corrected chi connectivity index (χ3v) is 4.90. The molecule has 0 aliphatic carbocycles. The van der Waals surface area contributed by atoms with E-state index in [4.69, 9.17) is 23.7 Å². The van der Waals surface area contributed by atoms with Gasteiger partial charge in [-0.05, 0) is 19.3 Å². The summed E-state index contributed by atoms with van der Waals surface area (Å²) in [4.78, 5) is 11.3. The van der Waals surface area contributed by atoms with Crippen LogP contribution in [-0.2, 0) is 28.5 Å². The summed E-state index contributed by atoms with van der Waals surface area (Å²) in [7, 11) is 0. The molecule has 27 heavy (non-hydrogen) atoms. The molecule has 160 valence electrons. The van der Waals surface area contributed by atoms with Crippen LogP contribution in [0.1, 0.15) is 66.2 Å². The second kappa shape index (κ2) is 14.6. The first-order valence-electron chi connectivity index (χ1n) is 10.4. The van der Waals surface area contributed by atoms with Gasteiger partial charge in [0.1, 0.15) is 36.5 Å². The summed E-state index contributed by atoms with van der Waals surface area (Å²) in [6, 6.07) is 0. The van der Waals surface area contributed by atoms with Gasteiger partial charge in [0.05, 0.1) is 0 Å². The molecule has 1 saturated heterocycles. The Morgan fingerprint density at radius 2 is 1.33 bits per heavy atom. The van der Waals surface area contributed by atoms with E-state index in [9.17, 15) is 4.79 Å². The molecular weight excluding hydrogens is 368 g/mol. The van der Waals surface area contributed by atoms with Gasteiger partial charge in [-0.25, -0.2) is 0 Å². The van der Waals surface area contributed by atoms with Crippen molar-refractivity contribution in [1.82, 2.24) is 0 Å². The van der Waals surface area contributed by atoms with E-state index >= 15 is 0 Å².